The normalized spacial score (nSPS) is 28.8. The van der Waals surface area contributed by atoms with Crippen LogP contribution in [0.3, 0.4) is 0 Å². The lowest BCUT2D eigenvalue weighted by Crippen LogP contribution is -2.47. The molecule has 4 atom stereocenters. The summed E-state index contributed by atoms with van der Waals surface area (Å²) in [7, 11) is 0. The lowest BCUT2D eigenvalue weighted by molar-refractivity contribution is -0.151. The molecule has 1 aromatic carbocycles. The first kappa shape index (κ1) is 15.8. The molecule has 1 saturated carbocycles. The van der Waals surface area contributed by atoms with Crippen molar-refractivity contribution in [1.29, 1.82) is 0 Å². The van der Waals surface area contributed by atoms with Crippen LogP contribution in [0.15, 0.2) is 36.4 Å². The van der Waals surface area contributed by atoms with Crippen LogP contribution in [0.2, 0.25) is 0 Å². The van der Waals surface area contributed by atoms with Gasteiger partial charge < -0.3 is 10.4 Å². The number of hydrogen-bond acceptors (Lipinski definition) is 2. The minimum absolute atomic E-state index is 0.0171. The number of amides is 1. The Morgan fingerprint density at radius 3 is 2.09 bits per heavy atom. The topological polar surface area (TPSA) is 66.4 Å². The minimum Gasteiger partial charge on any atom is -0.481 e. The molecule has 0 saturated heterocycles. The van der Waals surface area contributed by atoms with Gasteiger partial charge in [0.1, 0.15) is 0 Å². The number of carbonyl (C=O) groups is 2. The fraction of sp³-hybridized carbons (Fsp3) is 0.474. The van der Waals surface area contributed by atoms with Crippen LogP contribution < -0.4 is 5.32 Å². The molecular weight excluding hydrogens is 290 g/mol. The minimum atomic E-state index is -0.862. The van der Waals surface area contributed by atoms with Gasteiger partial charge in [0.05, 0.1) is 11.8 Å². The Bertz CT molecular complexity index is 633. The summed E-state index contributed by atoms with van der Waals surface area (Å²) in [5.41, 5.74) is 1.94. The van der Waals surface area contributed by atoms with Crippen molar-refractivity contribution in [3.05, 3.63) is 42.0 Å². The Hall–Kier alpha value is -2.10. The maximum atomic E-state index is 12.7. The molecule has 1 amide bonds. The lowest BCUT2D eigenvalue weighted by atomic mass is 9.62. The molecule has 122 valence electrons. The highest BCUT2D eigenvalue weighted by Gasteiger charge is 2.48. The predicted molar refractivity (Wildman–Crippen MR) is 89.1 cm³/mol. The molecule has 1 aromatic rings. The number of carbonyl (C=O) groups excluding carboxylic acids is 1. The zero-order valence-corrected chi connectivity index (χ0v) is 13.5. The Morgan fingerprint density at radius 1 is 1.04 bits per heavy atom. The standard InChI is InChI=1S/C19H23NO3/c1-11(2)12-7-9-15(10-8-12)20-18(21)16-13-3-5-14(6-4-13)17(16)19(22)23/h3,5,7-11,13-14,16-17H,4,6H2,1-2H3,(H,20,21)(H,22,23)/t13-,14-,16-,17-/m0/s1. The second-order valence-electron chi connectivity index (χ2n) is 6.95. The van der Waals surface area contributed by atoms with Crippen molar-refractivity contribution in [3.63, 3.8) is 0 Å². The van der Waals surface area contributed by atoms with Crippen LogP contribution in [0.4, 0.5) is 5.69 Å². The van der Waals surface area contributed by atoms with Crippen molar-refractivity contribution in [1.82, 2.24) is 0 Å². The fourth-order valence-corrected chi connectivity index (χ4v) is 3.87. The number of rotatable bonds is 4. The van der Waals surface area contributed by atoms with Gasteiger partial charge in [0.25, 0.3) is 0 Å². The quantitative estimate of drug-likeness (QED) is 0.834. The van der Waals surface area contributed by atoms with Crippen molar-refractivity contribution < 1.29 is 14.7 Å². The van der Waals surface area contributed by atoms with Crippen LogP contribution in [-0.4, -0.2) is 17.0 Å². The Morgan fingerprint density at radius 2 is 1.61 bits per heavy atom. The third-order valence-corrected chi connectivity index (χ3v) is 5.18. The summed E-state index contributed by atoms with van der Waals surface area (Å²) in [6.45, 7) is 4.24. The van der Waals surface area contributed by atoms with E-state index in [-0.39, 0.29) is 17.7 Å². The largest absolute Gasteiger partial charge is 0.481 e. The van der Waals surface area contributed by atoms with Gasteiger partial charge >= 0.3 is 5.97 Å². The molecule has 1 fully saturated rings. The van der Waals surface area contributed by atoms with Gasteiger partial charge in [-0.3, -0.25) is 9.59 Å². The van der Waals surface area contributed by atoms with Crippen LogP contribution in [0.1, 0.15) is 38.2 Å². The molecule has 4 heteroatoms. The Labute approximate surface area is 136 Å². The smallest absolute Gasteiger partial charge is 0.307 e. The molecule has 23 heavy (non-hydrogen) atoms. The summed E-state index contributed by atoms with van der Waals surface area (Å²) in [5, 5.41) is 12.4. The first-order valence-electron chi connectivity index (χ1n) is 8.29. The van der Waals surface area contributed by atoms with E-state index in [0.29, 0.717) is 5.92 Å². The summed E-state index contributed by atoms with van der Waals surface area (Å²) in [4.78, 5) is 24.3. The first-order chi connectivity index (χ1) is 11.0. The molecule has 3 aliphatic rings. The second kappa shape index (κ2) is 6.19. The van der Waals surface area contributed by atoms with E-state index in [1.807, 2.05) is 36.4 Å². The number of hydrogen-bond donors (Lipinski definition) is 2. The van der Waals surface area contributed by atoms with Crippen LogP contribution in [0, 0.1) is 23.7 Å². The number of anilines is 1. The number of fused-ring (bicyclic) bond motifs is 2. The molecular formula is C19H23NO3. The maximum absolute atomic E-state index is 12.7. The molecule has 0 spiro atoms. The molecule has 4 rings (SSSR count). The molecule has 0 aliphatic heterocycles. The van der Waals surface area contributed by atoms with Crippen molar-refractivity contribution in [2.45, 2.75) is 32.6 Å². The number of aliphatic carboxylic acids is 1. The van der Waals surface area contributed by atoms with Crippen LogP contribution in [-0.2, 0) is 9.59 Å². The molecule has 3 aliphatic carbocycles. The third kappa shape index (κ3) is 3.03. The number of carboxylic acids is 1. The SMILES string of the molecule is CC(C)c1ccc(NC(=O)[C@@H]2[C@@H](C(=O)O)[C@H]3C=C[C@H]2CC3)cc1. The molecule has 2 N–H and O–H groups in total. The van der Waals surface area contributed by atoms with E-state index in [4.69, 9.17) is 0 Å². The molecule has 0 unspecified atom stereocenters. The molecule has 4 nitrogen and oxygen atoms in total. The third-order valence-electron chi connectivity index (χ3n) is 5.18. The van der Waals surface area contributed by atoms with Crippen molar-refractivity contribution in [2.24, 2.45) is 23.7 Å². The number of nitrogens with one attached hydrogen (secondary N) is 1. The maximum Gasteiger partial charge on any atom is 0.307 e. The molecule has 0 heterocycles. The summed E-state index contributed by atoms with van der Waals surface area (Å²) >= 11 is 0. The number of benzene rings is 1. The van der Waals surface area contributed by atoms with Gasteiger partial charge in [-0.2, -0.15) is 0 Å². The zero-order chi connectivity index (χ0) is 16.6. The lowest BCUT2D eigenvalue weighted by Gasteiger charge is -2.41. The van der Waals surface area contributed by atoms with Gasteiger partial charge in [-0.15, -0.1) is 0 Å². The molecule has 2 bridgehead atoms. The van der Waals surface area contributed by atoms with E-state index in [2.05, 4.69) is 19.2 Å². The second-order valence-corrected chi connectivity index (χ2v) is 6.95. The van der Waals surface area contributed by atoms with Gasteiger partial charge in [0, 0.05) is 5.69 Å². The monoisotopic (exact) mass is 313 g/mol. The van der Waals surface area contributed by atoms with Gasteiger partial charge in [-0.05, 0) is 48.3 Å². The van der Waals surface area contributed by atoms with Gasteiger partial charge in [-0.25, -0.2) is 0 Å². The van der Waals surface area contributed by atoms with Gasteiger partial charge in [0.2, 0.25) is 5.91 Å². The zero-order valence-electron chi connectivity index (χ0n) is 13.5. The van der Waals surface area contributed by atoms with E-state index in [1.165, 1.54) is 5.56 Å². The summed E-state index contributed by atoms with van der Waals surface area (Å²) in [5.74, 6) is -1.65. The van der Waals surface area contributed by atoms with Crippen LogP contribution >= 0.6 is 0 Å². The average Bonchev–Trinajstić information content (AvgIpc) is 2.55. The van der Waals surface area contributed by atoms with E-state index >= 15 is 0 Å². The van der Waals surface area contributed by atoms with Crippen molar-refractivity contribution in [2.75, 3.05) is 5.32 Å². The highest BCUT2D eigenvalue weighted by atomic mass is 16.4. The van der Waals surface area contributed by atoms with E-state index < -0.39 is 17.8 Å². The first-order valence-corrected chi connectivity index (χ1v) is 8.29. The number of carboxylic acid groups (broad SMARTS) is 1. The summed E-state index contributed by atoms with van der Waals surface area (Å²) in [6.07, 6.45) is 5.77. The molecule has 0 radical (unpaired) electrons. The Kier molecular flexibility index (Phi) is 4.24. The van der Waals surface area contributed by atoms with Gasteiger partial charge in [-0.1, -0.05) is 38.1 Å². The van der Waals surface area contributed by atoms with Crippen molar-refractivity contribution >= 4 is 17.6 Å². The highest BCUT2D eigenvalue weighted by Crippen LogP contribution is 2.45. The highest BCUT2D eigenvalue weighted by molar-refractivity contribution is 5.96. The predicted octanol–water partition coefficient (Wildman–Crippen LogP) is 3.66. The van der Waals surface area contributed by atoms with Crippen LogP contribution in [0.25, 0.3) is 0 Å². The Balaban J connectivity index is 1.76. The summed E-state index contributed by atoms with van der Waals surface area (Å²) < 4.78 is 0. The van der Waals surface area contributed by atoms with Gasteiger partial charge in [0.15, 0.2) is 0 Å². The van der Waals surface area contributed by atoms with E-state index in [1.54, 1.807) is 0 Å². The fourth-order valence-electron chi connectivity index (χ4n) is 3.87. The van der Waals surface area contributed by atoms with Crippen LogP contribution in [0.5, 0.6) is 0 Å². The summed E-state index contributed by atoms with van der Waals surface area (Å²) in [6, 6.07) is 7.78. The average molecular weight is 313 g/mol. The van der Waals surface area contributed by atoms with Crippen molar-refractivity contribution in [3.8, 4) is 0 Å². The van der Waals surface area contributed by atoms with E-state index in [9.17, 15) is 14.7 Å². The number of allylic oxidation sites excluding steroid dienone is 2. The van der Waals surface area contributed by atoms with E-state index in [0.717, 1.165) is 18.5 Å². The molecule has 0 aromatic heterocycles.